The zero-order chi connectivity index (χ0) is 20.2. The van der Waals surface area contributed by atoms with Crippen LogP contribution in [0.15, 0.2) is 65.8 Å². The minimum Gasteiger partial charge on any atom is -0.490 e. The van der Waals surface area contributed by atoms with Gasteiger partial charge in [0.1, 0.15) is 5.75 Å². The SMILES string of the molecule is C[C@@H](Cc1ccc2ccc(/C(N)=N\O)cc2c1)c1ccc(OC2CCCC2)cc1. The Labute approximate surface area is 172 Å². The summed E-state index contributed by atoms with van der Waals surface area (Å²) in [4.78, 5) is 0. The number of rotatable bonds is 6. The van der Waals surface area contributed by atoms with Gasteiger partial charge in [-0.3, -0.25) is 0 Å². The van der Waals surface area contributed by atoms with Crippen molar-refractivity contribution in [3.05, 3.63) is 77.4 Å². The van der Waals surface area contributed by atoms with Crippen LogP contribution in [0.4, 0.5) is 0 Å². The smallest absolute Gasteiger partial charge is 0.170 e. The molecule has 4 nitrogen and oxygen atoms in total. The van der Waals surface area contributed by atoms with Crippen LogP contribution in [0.1, 0.15) is 55.2 Å². The normalized spacial score (nSPS) is 16.2. The van der Waals surface area contributed by atoms with Crippen molar-refractivity contribution in [2.75, 3.05) is 0 Å². The van der Waals surface area contributed by atoms with Crippen molar-refractivity contribution in [1.29, 1.82) is 0 Å². The van der Waals surface area contributed by atoms with Crippen molar-refractivity contribution in [3.8, 4) is 5.75 Å². The van der Waals surface area contributed by atoms with E-state index in [1.807, 2.05) is 18.2 Å². The molecule has 0 radical (unpaired) electrons. The molecule has 0 unspecified atom stereocenters. The highest BCUT2D eigenvalue weighted by Gasteiger charge is 2.16. The maximum Gasteiger partial charge on any atom is 0.170 e. The Morgan fingerprint density at radius 2 is 1.76 bits per heavy atom. The first-order valence-corrected chi connectivity index (χ1v) is 10.4. The second kappa shape index (κ2) is 8.56. The highest BCUT2D eigenvalue weighted by Crippen LogP contribution is 2.28. The van der Waals surface area contributed by atoms with E-state index in [4.69, 9.17) is 15.7 Å². The number of hydrogen-bond acceptors (Lipinski definition) is 3. The average Bonchev–Trinajstić information content (AvgIpc) is 3.26. The first-order chi connectivity index (χ1) is 14.1. The summed E-state index contributed by atoms with van der Waals surface area (Å²) < 4.78 is 6.08. The van der Waals surface area contributed by atoms with Gasteiger partial charge in [0, 0.05) is 5.56 Å². The summed E-state index contributed by atoms with van der Waals surface area (Å²) in [6.45, 7) is 2.25. The quantitative estimate of drug-likeness (QED) is 0.250. The molecule has 0 aromatic heterocycles. The van der Waals surface area contributed by atoms with Crippen LogP contribution in [0.3, 0.4) is 0 Å². The fourth-order valence-electron chi connectivity index (χ4n) is 4.19. The van der Waals surface area contributed by atoms with Gasteiger partial charge in [-0.2, -0.15) is 0 Å². The van der Waals surface area contributed by atoms with E-state index in [9.17, 15) is 0 Å². The van der Waals surface area contributed by atoms with Crippen LogP contribution >= 0.6 is 0 Å². The molecular formula is C25H28N2O2. The minimum absolute atomic E-state index is 0.130. The Morgan fingerprint density at radius 1 is 1.03 bits per heavy atom. The fraction of sp³-hybridized carbons (Fsp3) is 0.320. The summed E-state index contributed by atoms with van der Waals surface area (Å²) in [6, 6.07) is 20.9. The average molecular weight is 389 g/mol. The van der Waals surface area contributed by atoms with Crippen LogP contribution in [-0.2, 0) is 6.42 Å². The molecule has 3 aromatic rings. The van der Waals surface area contributed by atoms with Crippen molar-refractivity contribution < 1.29 is 9.94 Å². The molecule has 1 aliphatic rings. The molecule has 1 aliphatic carbocycles. The van der Waals surface area contributed by atoms with E-state index in [2.05, 4.69) is 54.5 Å². The summed E-state index contributed by atoms with van der Waals surface area (Å²) in [5, 5.41) is 14.3. The van der Waals surface area contributed by atoms with Crippen LogP contribution in [-0.4, -0.2) is 17.1 Å². The van der Waals surface area contributed by atoms with Gasteiger partial charge in [0.05, 0.1) is 6.10 Å². The highest BCUT2D eigenvalue weighted by molar-refractivity contribution is 6.00. The van der Waals surface area contributed by atoms with Crippen molar-refractivity contribution in [1.82, 2.24) is 0 Å². The van der Waals surface area contributed by atoms with Gasteiger partial charge in [-0.05, 0) is 78.1 Å². The molecule has 1 fully saturated rings. The molecule has 0 heterocycles. The number of oxime groups is 1. The molecule has 29 heavy (non-hydrogen) atoms. The van der Waals surface area contributed by atoms with Crippen molar-refractivity contribution in [2.45, 2.75) is 51.0 Å². The van der Waals surface area contributed by atoms with Gasteiger partial charge in [0.2, 0.25) is 0 Å². The van der Waals surface area contributed by atoms with E-state index < -0.39 is 0 Å². The largest absolute Gasteiger partial charge is 0.490 e. The molecule has 0 saturated heterocycles. The second-order valence-corrected chi connectivity index (χ2v) is 8.08. The van der Waals surface area contributed by atoms with E-state index in [1.54, 1.807) is 0 Å². The second-order valence-electron chi connectivity index (χ2n) is 8.08. The van der Waals surface area contributed by atoms with Crippen LogP contribution in [0.25, 0.3) is 10.8 Å². The Kier molecular flexibility index (Phi) is 5.70. The van der Waals surface area contributed by atoms with Crippen LogP contribution < -0.4 is 10.5 Å². The van der Waals surface area contributed by atoms with Gasteiger partial charge in [-0.1, -0.05) is 54.5 Å². The van der Waals surface area contributed by atoms with Crippen LogP contribution in [0, 0.1) is 0 Å². The van der Waals surface area contributed by atoms with E-state index >= 15 is 0 Å². The van der Waals surface area contributed by atoms with Crippen molar-refractivity contribution in [3.63, 3.8) is 0 Å². The van der Waals surface area contributed by atoms with Crippen molar-refractivity contribution >= 4 is 16.6 Å². The molecule has 3 N–H and O–H groups in total. The predicted octanol–water partition coefficient (Wildman–Crippen LogP) is 5.60. The summed E-state index contributed by atoms with van der Waals surface area (Å²) in [7, 11) is 0. The first kappa shape index (κ1) is 19.3. The van der Waals surface area contributed by atoms with Gasteiger partial charge in [-0.25, -0.2) is 0 Å². The first-order valence-electron chi connectivity index (χ1n) is 10.4. The molecule has 0 aliphatic heterocycles. The van der Waals surface area contributed by atoms with E-state index in [0.717, 1.165) is 28.5 Å². The predicted molar refractivity (Wildman–Crippen MR) is 118 cm³/mol. The van der Waals surface area contributed by atoms with Gasteiger partial charge in [0.15, 0.2) is 5.84 Å². The Balaban J connectivity index is 1.46. The number of benzene rings is 3. The molecule has 4 rings (SSSR count). The third kappa shape index (κ3) is 4.53. The lowest BCUT2D eigenvalue weighted by atomic mass is 9.92. The number of hydrogen-bond donors (Lipinski definition) is 2. The lowest BCUT2D eigenvalue weighted by molar-refractivity contribution is 0.210. The Bertz CT molecular complexity index is 1010. The third-order valence-electron chi connectivity index (χ3n) is 5.90. The lowest BCUT2D eigenvalue weighted by Crippen LogP contribution is -2.12. The Morgan fingerprint density at radius 3 is 2.48 bits per heavy atom. The zero-order valence-corrected chi connectivity index (χ0v) is 16.8. The standard InChI is InChI=1S/C25H28N2O2/c1-17(19-10-12-24(13-11-19)29-23-4-2-3-5-23)14-18-6-7-20-8-9-21(25(26)27-28)16-22(20)15-18/h6-13,15-17,23,28H,2-5,14H2,1H3,(H2,26,27)/t17-/m0/s1. The van der Waals surface area contributed by atoms with Crippen LogP contribution in [0.2, 0.25) is 0 Å². The Hall–Kier alpha value is -3.01. The third-order valence-corrected chi connectivity index (χ3v) is 5.90. The number of ether oxygens (including phenoxy) is 1. The summed E-state index contributed by atoms with van der Waals surface area (Å²) in [5.41, 5.74) is 9.04. The maximum atomic E-state index is 8.91. The molecule has 0 amide bonds. The van der Waals surface area contributed by atoms with E-state index in [1.165, 1.54) is 36.8 Å². The summed E-state index contributed by atoms with van der Waals surface area (Å²) in [5.74, 6) is 1.51. The monoisotopic (exact) mass is 388 g/mol. The number of fused-ring (bicyclic) bond motifs is 1. The van der Waals surface area contributed by atoms with Gasteiger partial charge < -0.3 is 15.7 Å². The zero-order valence-electron chi connectivity index (χ0n) is 16.8. The highest BCUT2D eigenvalue weighted by atomic mass is 16.5. The van der Waals surface area contributed by atoms with Crippen molar-refractivity contribution in [2.24, 2.45) is 10.9 Å². The minimum atomic E-state index is 0.130. The fourth-order valence-corrected chi connectivity index (χ4v) is 4.19. The molecule has 0 spiro atoms. The molecule has 1 atom stereocenters. The molecule has 4 heteroatoms. The lowest BCUT2D eigenvalue weighted by Gasteiger charge is -2.16. The van der Waals surface area contributed by atoms with E-state index in [-0.39, 0.29) is 5.84 Å². The topological polar surface area (TPSA) is 67.8 Å². The molecule has 0 bridgehead atoms. The number of nitrogens with zero attached hydrogens (tertiary/aromatic N) is 1. The summed E-state index contributed by atoms with van der Waals surface area (Å²) in [6.07, 6.45) is 6.27. The molecule has 3 aromatic carbocycles. The molecule has 1 saturated carbocycles. The van der Waals surface area contributed by atoms with Gasteiger partial charge >= 0.3 is 0 Å². The summed E-state index contributed by atoms with van der Waals surface area (Å²) >= 11 is 0. The van der Waals surface area contributed by atoms with Crippen LogP contribution in [0.5, 0.6) is 5.75 Å². The molecule has 150 valence electrons. The van der Waals surface area contributed by atoms with Gasteiger partial charge in [-0.15, -0.1) is 0 Å². The van der Waals surface area contributed by atoms with Gasteiger partial charge in [0.25, 0.3) is 0 Å². The number of nitrogens with two attached hydrogens (primary N) is 1. The molecular weight excluding hydrogens is 360 g/mol. The number of amidine groups is 1. The maximum absolute atomic E-state index is 8.91. The van der Waals surface area contributed by atoms with E-state index in [0.29, 0.717) is 12.0 Å².